The summed E-state index contributed by atoms with van der Waals surface area (Å²) in [6.45, 7) is 6.70. The van der Waals surface area contributed by atoms with E-state index in [0.717, 1.165) is 39.0 Å². The van der Waals surface area contributed by atoms with E-state index in [9.17, 15) is 9.90 Å². The Morgan fingerprint density at radius 1 is 1.29 bits per heavy atom. The Hall–Kier alpha value is -1.43. The van der Waals surface area contributed by atoms with Crippen LogP contribution in [0.15, 0.2) is 24.3 Å². The molecule has 0 unspecified atom stereocenters. The molecule has 0 saturated carbocycles. The quantitative estimate of drug-likeness (QED) is 0.852. The van der Waals surface area contributed by atoms with Gasteiger partial charge in [-0.05, 0) is 30.9 Å². The van der Waals surface area contributed by atoms with Gasteiger partial charge in [0.1, 0.15) is 0 Å². The van der Waals surface area contributed by atoms with Gasteiger partial charge >= 0.3 is 0 Å². The van der Waals surface area contributed by atoms with Crippen LogP contribution in [0.3, 0.4) is 0 Å². The second-order valence-corrected chi connectivity index (χ2v) is 6.73. The number of amides is 1. The molecule has 5 nitrogen and oxygen atoms in total. The fourth-order valence-corrected chi connectivity index (χ4v) is 3.79. The van der Waals surface area contributed by atoms with Gasteiger partial charge in [0.2, 0.25) is 5.91 Å². The highest BCUT2D eigenvalue weighted by Crippen LogP contribution is 2.34. The van der Waals surface area contributed by atoms with E-state index < -0.39 is 6.10 Å². The Morgan fingerprint density at radius 3 is 2.79 bits per heavy atom. The van der Waals surface area contributed by atoms with Gasteiger partial charge in [0, 0.05) is 39.3 Å². The standard InChI is InChI=1S/C19H28N2O3/c1-2-24-14-16(22)13-20-9-11-21(12-10-20)19(23)18-8-7-15-5-3-4-6-17(15)18/h3-6,16,18,22H,2,7-14H2,1H3/t16-,18+/m0/s1. The average molecular weight is 332 g/mol. The first kappa shape index (κ1) is 17.4. The van der Waals surface area contributed by atoms with Gasteiger partial charge in [-0.25, -0.2) is 0 Å². The molecule has 1 aromatic rings. The lowest BCUT2D eigenvalue weighted by Crippen LogP contribution is -2.51. The number of β-amino-alcohol motifs (C(OH)–C–C–N with tert-alkyl or cyclic N) is 1. The maximum Gasteiger partial charge on any atom is 0.230 e. The predicted octanol–water partition coefficient (Wildman–Crippen LogP) is 1.26. The minimum absolute atomic E-state index is 0.0382. The number of piperazine rings is 1. The van der Waals surface area contributed by atoms with E-state index in [-0.39, 0.29) is 11.8 Å². The SMILES string of the molecule is CCOC[C@@H](O)CN1CCN(C(=O)[C@@H]2CCc3ccccc32)CC1. The number of carbonyl (C=O) groups excluding carboxylic acids is 1. The first-order chi connectivity index (χ1) is 11.7. The summed E-state index contributed by atoms with van der Waals surface area (Å²) in [5, 5.41) is 9.94. The molecule has 0 bridgehead atoms. The highest BCUT2D eigenvalue weighted by molar-refractivity contribution is 5.85. The Balaban J connectivity index is 1.49. The summed E-state index contributed by atoms with van der Waals surface area (Å²) in [7, 11) is 0. The molecule has 3 rings (SSSR count). The molecular weight excluding hydrogens is 304 g/mol. The molecule has 0 radical (unpaired) electrons. The molecule has 1 fully saturated rings. The second-order valence-electron chi connectivity index (χ2n) is 6.73. The zero-order chi connectivity index (χ0) is 16.9. The number of hydrogen-bond acceptors (Lipinski definition) is 4. The normalized spacial score (nSPS) is 22.4. The number of aliphatic hydroxyl groups excluding tert-OH is 1. The van der Waals surface area contributed by atoms with Crippen molar-refractivity contribution in [2.45, 2.75) is 31.8 Å². The number of fused-ring (bicyclic) bond motifs is 1. The zero-order valence-corrected chi connectivity index (χ0v) is 14.5. The minimum atomic E-state index is -0.450. The van der Waals surface area contributed by atoms with Crippen LogP contribution < -0.4 is 0 Å². The van der Waals surface area contributed by atoms with Gasteiger partial charge < -0.3 is 14.7 Å². The van der Waals surface area contributed by atoms with E-state index in [1.807, 2.05) is 17.9 Å². The maximum absolute atomic E-state index is 12.9. The van der Waals surface area contributed by atoms with Crippen molar-refractivity contribution in [3.8, 4) is 0 Å². The molecule has 0 spiro atoms. The second kappa shape index (κ2) is 8.10. The molecule has 1 aromatic carbocycles. The van der Waals surface area contributed by atoms with Crippen LogP contribution in [0.1, 0.15) is 30.4 Å². The molecule has 1 saturated heterocycles. The molecule has 1 N–H and O–H groups in total. The summed E-state index contributed by atoms with van der Waals surface area (Å²) in [6.07, 6.45) is 1.50. The van der Waals surface area contributed by atoms with Crippen molar-refractivity contribution >= 4 is 5.91 Å². The van der Waals surface area contributed by atoms with Crippen molar-refractivity contribution in [3.63, 3.8) is 0 Å². The third-order valence-corrected chi connectivity index (χ3v) is 5.10. The van der Waals surface area contributed by atoms with E-state index in [4.69, 9.17) is 4.74 Å². The Morgan fingerprint density at radius 2 is 2.04 bits per heavy atom. The van der Waals surface area contributed by atoms with E-state index in [1.54, 1.807) is 0 Å². The first-order valence-corrected chi connectivity index (χ1v) is 9.03. The molecule has 2 atom stereocenters. The van der Waals surface area contributed by atoms with Gasteiger partial charge in [0.25, 0.3) is 0 Å². The largest absolute Gasteiger partial charge is 0.389 e. The lowest BCUT2D eigenvalue weighted by molar-refractivity contribution is -0.134. The smallest absolute Gasteiger partial charge is 0.230 e. The van der Waals surface area contributed by atoms with Crippen molar-refractivity contribution < 1.29 is 14.6 Å². The topological polar surface area (TPSA) is 53.0 Å². The van der Waals surface area contributed by atoms with E-state index in [2.05, 4.69) is 23.1 Å². The Bertz CT molecular complexity index is 555. The summed E-state index contributed by atoms with van der Waals surface area (Å²) in [6, 6.07) is 8.33. The zero-order valence-electron chi connectivity index (χ0n) is 14.5. The Kier molecular flexibility index (Phi) is 5.87. The molecule has 24 heavy (non-hydrogen) atoms. The van der Waals surface area contributed by atoms with Crippen LogP contribution in [0.4, 0.5) is 0 Å². The maximum atomic E-state index is 12.9. The van der Waals surface area contributed by atoms with Gasteiger partial charge in [0.15, 0.2) is 0 Å². The van der Waals surface area contributed by atoms with Crippen LogP contribution in [-0.2, 0) is 16.0 Å². The molecule has 0 aromatic heterocycles. The summed E-state index contributed by atoms with van der Waals surface area (Å²) in [5.74, 6) is 0.311. The third-order valence-electron chi connectivity index (χ3n) is 5.10. The van der Waals surface area contributed by atoms with Crippen LogP contribution in [0.5, 0.6) is 0 Å². The number of aryl methyl sites for hydroxylation is 1. The lowest BCUT2D eigenvalue weighted by atomic mass is 9.99. The molecule has 1 aliphatic heterocycles. The molecule has 5 heteroatoms. The van der Waals surface area contributed by atoms with Crippen molar-refractivity contribution in [2.75, 3.05) is 45.9 Å². The van der Waals surface area contributed by atoms with Crippen LogP contribution >= 0.6 is 0 Å². The Labute approximate surface area is 144 Å². The number of benzene rings is 1. The third kappa shape index (κ3) is 3.97. The molecule has 1 aliphatic carbocycles. The van der Waals surface area contributed by atoms with Gasteiger partial charge in [-0.15, -0.1) is 0 Å². The number of hydrogen-bond donors (Lipinski definition) is 1. The minimum Gasteiger partial charge on any atom is -0.389 e. The van der Waals surface area contributed by atoms with Crippen LogP contribution in [-0.4, -0.2) is 72.9 Å². The van der Waals surface area contributed by atoms with Crippen molar-refractivity contribution in [3.05, 3.63) is 35.4 Å². The number of nitrogens with zero attached hydrogens (tertiary/aromatic N) is 2. The number of aliphatic hydroxyl groups is 1. The number of carbonyl (C=O) groups is 1. The highest BCUT2D eigenvalue weighted by Gasteiger charge is 2.33. The lowest BCUT2D eigenvalue weighted by Gasteiger charge is -2.36. The summed E-state index contributed by atoms with van der Waals surface area (Å²) in [4.78, 5) is 17.1. The first-order valence-electron chi connectivity index (χ1n) is 9.03. The van der Waals surface area contributed by atoms with Crippen LogP contribution in [0.2, 0.25) is 0 Å². The molecule has 2 aliphatic rings. The predicted molar refractivity (Wildman–Crippen MR) is 93.0 cm³/mol. The summed E-state index contributed by atoms with van der Waals surface area (Å²) >= 11 is 0. The van der Waals surface area contributed by atoms with Crippen LogP contribution in [0, 0.1) is 0 Å². The van der Waals surface area contributed by atoms with Crippen molar-refractivity contribution in [2.24, 2.45) is 0 Å². The number of ether oxygens (including phenoxy) is 1. The summed E-state index contributed by atoms with van der Waals surface area (Å²) < 4.78 is 5.26. The van der Waals surface area contributed by atoms with E-state index >= 15 is 0 Å². The van der Waals surface area contributed by atoms with Crippen molar-refractivity contribution in [1.82, 2.24) is 9.80 Å². The number of rotatable bonds is 6. The van der Waals surface area contributed by atoms with Gasteiger partial charge in [-0.3, -0.25) is 9.69 Å². The van der Waals surface area contributed by atoms with Gasteiger partial charge in [-0.1, -0.05) is 24.3 Å². The van der Waals surface area contributed by atoms with Crippen LogP contribution in [0.25, 0.3) is 0 Å². The average Bonchev–Trinajstić information content (AvgIpc) is 3.04. The summed E-state index contributed by atoms with van der Waals surface area (Å²) in [5.41, 5.74) is 2.55. The fourth-order valence-electron chi connectivity index (χ4n) is 3.79. The van der Waals surface area contributed by atoms with E-state index in [0.29, 0.717) is 19.8 Å². The molecule has 132 valence electrons. The van der Waals surface area contributed by atoms with Crippen molar-refractivity contribution in [1.29, 1.82) is 0 Å². The van der Waals surface area contributed by atoms with Gasteiger partial charge in [-0.2, -0.15) is 0 Å². The highest BCUT2D eigenvalue weighted by atomic mass is 16.5. The fraction of sp³-hybridized carbons (Fsp3) is 0.632. The monoisotopic (exact) mass is 332 g/mol. The van der Waals surface area contributed by atoms with Gasteiger partial charge in [0.05, 0.1) is 18.6 Å². The van der Waals surface area contributed by atoms with E-state index in [1.165, 1.54) is 11.1 Å². The molecule has 1 amide bonds. The molecule has 1 heterocycles. The molecular formula is C19H28N2O3.